The largest absolute Gasteiger partial charge is 0.496 e. The standard InChI is InChI=1S/C18H22N6O2/c1-26-15-5-3-2-4-11(15)9-24-10-14-16(23-24)17(22-18(19)21-14)20-12-6-7-13(25)8-12/h2-5,10,12-13,25H,6-9H2,1H3,(H3,19,20,21,22)/t12-,13+/m0/s1. The van der Waals surface area contributed by atoms with E-state index in [4.69, 9.17) is 10.5 Å². The van der Waals surface area contributed by atoms with Crippen molar-refractivity contribution in [2.75, 3.05) is 18.2 Å². The Morgan fingerprint density at radius 1 is 1.31 bits per heavy atom. The molecule has 136 valence electrons. The molecule has 8 heteroatoms. The number of aliphatic hydroxyl groups excluding tert-OH is 1. The van der Waals surface area contributed by atoms with E-state index in [-0.39, 0.29) is 18.1 Å². The molecular weight excluding hydrogens is 332 g/mol. The molecule has 0 unspecified atom stereocenters. The van der Waals surface area contributed by atoms with Gasteiger partial charge in [0.05, 0.1) is 26.0 Å². The molecule has 0 radical (unpaired) electrons. The summed E-state index contributed by atoms with van der Waals surface area (Å²) >= 11 is 0. The molecule has 2 atom stereocenters. The quantitative estimate of drug-likeness (QED) is 0.640. The molecule has 8 nitrogen and oxygen atoms in total. The van der Waals surface area contributed by atoms with Crippen LogP contribution < -0.4 is 15.8 Å². The molecular formula is C18H22N6O2. The molecule has 26 heavy (non-hydrogen) atoms. The number of fused-ring (bicyclic) bond motifs is 1. The van der Waals surface area contributed by atoms with E-state index in [1.807, 2.05) is 35.1 Å². The lowest BCUT2D eigenvalue weighted by Gasteiger charge is -2.13. The molecule has 0 spiro atoms. The van der Waals surface area contributed by atoms with E-state index in [0.717, 1.165) is 24.2 Å². The van der Waals surface area contributed by atoms with Gasteiger partial charge in [-0.05, 0) is 25.3 Å². The molecule has 3 aromatic rings. The minimum Gasteiger partial charge on any atom is -0.496 e. The van der Waals surface area contributed by atoms with Crippen LogP contribution in [0, 0.1) is 0 Å². The zero-order valence-electron chi connectivity index (χ0n) is 14.6. The van der Waals surface area contributed by atoms with Crippen molar-refractivity contribution in [2.24, 2.45) is 0 Å². The number of hydrogen-bond acceptors (Lipinski definition) is 7. The van der Waals surface area contributed by atoms with E-state index < -0.39 is 0 Å². The third kappa shape index (κ3) is 3.28. The van der Waals surface area contributed by atoms with Gasteiger partial charge in [-0.3, -0.25) is 4.68 Å². The second-order valence-electron chi connectivity index (χ2n) is 6.61. The van der Waals surface area contributed by atoms with Crippen LogP contribution in [0.15, 0.2) is 30.5 Å². The Bertz CT molecular complexity index is 925. The highest BCUT2D eigenvalue weighted by Crippen LogP contribution is 2.27. The van der Waals surface area contributed by atoms with Gasteiger partial charge in [0, 0.05) is 11.6 Å². The van der Waals surface area contributed by atoms with Gasteiger partial charge in [-0.2, -0.15) is 10.1 Å². The monoisotopic (exact) mass is 354 g/mol. The zero-order chi connectivity index (χ0) is 18.1. The fourth-order valence-electron chi connectivity index (χ4n) is 3.45. The van der Waals surface area contributed by atoms with Crippen LogP contribution in [0.3, 0.4) is 0 Å². The number of para-hydroxylation sites is 1. The molecule has 0 saturated heterocycles. The maximum atomic E-state index is 9.73. The molecule has 0 bridgehead atoms. The molecule has 4 N–H and O–H groups in total. The van der Waals surface area contributed by atoms with Crippen molar-refractivity contribution in [1.29, 1.82) is 0 Å². The van der Waals surface area contributed by atoms with Crippen molar-refractivity contribution < 1.29 is 9.84 Å². The van der Waals surface area contributed by atoms with Crippen LogP contribution in [0.4, 0.5) is 11.8 Å². The van der Waals surface area contributed by atoms with Gasteiger partial charge in [0.15, 0.2) is 11.3 Å². The number of rotatable bonds is 5. The molecule has 1 aliphatic carbocycles. The van der Waals surface area contributed by atoms with Crippen molar-refractivity contribution in [3.05, 3.63) is 36.0 Å². The van der Waals surface area contributed by atoms with Gasteiger partial charge in [0.2, 0.25) is 5.95 Å². The normalized spacial score (nSPS) is 19.8. The molecule has 4 rings (SSSR count). The summed E-state index contributed by atoms with van der Waals surface area (Å²) in [5, 5.41) is 17.7. The van der Waals surface area contributed by atoms with Crippen LogP contribution in [0.25, 0.3) is 11.0 Å². The van der Waals surface area contributed by atoms with Crippen LogP contribution in [0.2, 0.25) is 0 Å². The molecule has 2 aromatic heterocycles. The third-order valence-electron chi connectivity index (χ3n) is 4.70. The minimum atomic E-state index is -0.259. The van der Waals surface area contributed by atoms with Gasteiger partial charge in [-0.25, -0.2) is 4.98 Å². The number of hydrogen-bond donors (Lipinski definition) is 3. The Morgan fingerprint density at radius 3 is 2.92 bits per heavy atom. The van der Waals surface area contributed by atoms with Gasteiger partial charge in [0.25, 0.3) is 0 Å². The highest BCUT2D eigenvalue weighted by atomic mass is 16.5. The molecule has 1 aliphatic rings. The number of nitrogens with one attached hydrogen (secondary N) is 1. The van der Waals surface area contributed by atoms with Gasteiger partial charge in [-0.15, -0.1) is 0 Å². The van der Waals surface area contributed by atoms with Crippen molar-refractivity contribution in [1.82, 2.24) is 19.7 Å². The molecule has 1 saturated carbocycles. The second-order valence-corrected chi connectivity index (χ2v) is 6.61. The molecule has 1 fully saturated rings. The van der Waals surface area contributed by atoms with Gasteiger partial charge < -0.3 is 20.9 Å². The number of benzene rings is 1. The predicted molar refractivity (Wildman–Crippen MR) is 99.1 cm³/mol. The summed E-state index contributed by atoms with van der Waals surface area (Å²) in [6.07, 6.45) is 3.99. The fraction of sp³-hybridized carbons (Fsp3) is 0.389. The first-order valence-corrected chi connectivity index (χ1v) is 8.69. The Labute approximate surface area is 151 Å². The number of anilines is 2. The van der Waals surface area contributed by atoms with Crippen LogP contribution in [-0.4, -0.2) is 44.1 Å². The zero-order valence-corrected chi connectivity index (χ0v) is 14.6. The van der Waals surface area contributed by atoms with E-state index in [1.54, 1.807) is 7.11 Å². The van der Waals surface area contributed by atoms with E-state index in [1.165, 1.54) is 0 Å². The Balaban J connectivity index is 1.65. The summed E-state index contributed by atoms with van der Waals surface area (Å²) in [7, 11) is 1.66. The van der Waals surface area contributed by atoms with Crippen molar-refractivity contribution >= 4 is 22.8 Å². The van der Waals surface area contributed by atoms with Crippen LogP contribution in [-0.2, 0) is 6.54 Å². The summed E-state index contributed by atoms with van der Waals surface area (Å²) in [5.74, 6) is 1.64. The molecule has 0 amide bonds. The minimum absolute atomic E-state index is 0.168. The average molecular weight is 354 g/mol. The Kier molecular flexibility index (Phi) is 4.34. The number of ether oxygens (including phenoxy) is 1. The number of aliphatic hydroxyl groups is 1. The summed E-state index contributed by atoms with van der Waals surface area (Å²) in [5.41, 5.74) is 8.25. The lowest BCUT2D eigenvalue weighted by molar-refractivity contribution is 0.182. The van der Waals surface area contributed by atoms with E-state index in [9.17, 15) is 5.11 Å². The first-order valence-electron chi connectivity index (χ1n) is 8.69. The predicted octanol–water partition coefficient (Wildman–Crippen LogP) is 1.79. The number of nitrogens with zero attached hydrogens (tertiary/aromatic N) is 4. The van der Waals surface area contributed by atoms with Gasteiger partial charge in [-0.1, -0.05) is 18.2 Å². The van der Waals surface area contributed by atoms with Gasteiger partial charge in [0.1, 0.15) is 11.3 Å². The summed E-state index contributed by atoms with van der Waals surface area (Å²) in [6, 6.07) is 8.00. The van der Waals surface area contributed by atoms with Crippen molar-refractivity contribution in [2.45, 2.75) is 38.0 Å². The van der Waals surface area contributed by atoms with Crippen molar-refractivity contribution in [3.8, 4) is 5.75 Å². The summed E-state index contributed by atoms with van der Waals surface area (Å²) in [4.78, 5) is 8.61. The van der Waals surface area contributed by atoms with Crippen LogP contribution in [0.1, 0.15) is 24.8 Å². The summed E-state index contributed by atoms with van der Waals surface area (Å²) < 4.78 is 7.22. The average Bonchev–Trinajstić information content (AvgIpc) is 3.21. The maximum absolute atomic E-state index is 9.73. The molecule has 2 heterocycles. The Hall–Kier alpha value is -2.87. The second kappa shape index (κ2) is 6.80. The SMILES string of the molecule is COc1ccccc1Cn1cc2nc(N)nc(N[C@H]3CC[C@@H](O)C3)c2n1. The van der Waals surface area contributed by atoms with E-state index >= 15 is 0 Å². The van der Waals surface area contributed by atoms with Crippen molar-refractivity contribution in [3.63, 3.8) is 0 Å². The molecule has 1 aromatic carbocycles. The van der Waals surface area contributed by atoms with E-state index in [0.29, 0.717) is 29.8 Å². The highest BCUT2D eigenvalue weighted by Gasteiger charge is 2.24. The third-order valence-corrected chi connectivity index (χ3v) is 4.70. The lowest BCUT2D eigenvalue weighted by Crippen LogP contribution is -2.18. The number of nitrogens with two attached hydrogens (primary N) is 1. The number of aromatic nitrogens is 4. The number of methoxy groups -OCH3 is 1. The first-order chi connectivity index (χ1) is 12.6. The van der Waals surface area contributed by atoms with Crippen LogP contribution >= 0.6 is 0 Å². The van der Waals surface area contributed by atoms with Gasteiger partial charge >= 0.3 is 0 Å². The molecule has 0 aliphatic heterocycles. The lowest BCUT2D eigenvalue weighted by atomic mass is 10.2. The fourth-order valence-corrected chi connectivity index (χ4v) is 3.45. The van der Waals surface area contributed by atoms with Crippen LogP contribution in [0.5, 0.6) is 5.75 Å². The summed E-state index contributed by atoms with van der Waals surface area (Å²) in [6.45, 7) is 0.557. The first kappa shape index (κ1) is 16.6. The Morgan fingerprint density at radius 2 is 2.15 bits per heavy atom. The smallest absolute Gasteiger partial charge is 0.222 e. The highest BCUT2D eigenvalue weighted by molar-refractivity contribution is 5.86. The maximum Gasteiger partial charge on any atom is 0.222 e. The topological polar surface area (TPSA) is 111 Å². The van der Waals surface area contributed by atoms with E-state index in [2.05, 4.69) is 20.4 Å². The number of nitrogen functional groups attached to an aromatic ring is 1.